The molecule has 4 rings (SSSR count). The second-order valence-corrected chi connectivity index (χ2v) is 7.14. The molecule has 0 spiro atoms. The van der Waals surface area contributed by atoms with Crippen LogP contribution in [0.15, 0.2) is 35.4 Å². The Bertz CT molecular complexity index is 979. The van der Waals surface area contributed by atoms with Crippen molar-refractivity contribution < 1.29 is 0 Å². The van der Waals surface area contributed by atoms with Gasteiger partial charge >= 0.3 is 0 Å². The molecule has 0 bridgehead atoms. The molecule has 142 valence electrons. The summed E-state index contributed by atoms with van der Waals surface area (Å²) < 4.78 is 3.21. The summed E-state index contributed by atoms with van der Waals surface area (Å²) in [5, 5.41) is 20.3. The summed E-state index contributed by atoms with van der Waals surface area (Å²) in [6.45, 7) is 5.64. The van der Waals surface area contributed by atoms with Crippen LogP contribution in [0.2, 0.25) is 0 Å². The quantitative estimate of drug-likeness (QED) is 0.733. The highest BCUT2D eigenvalue weighted by atomic mass is 16.1. The van der Waals surface area contributed by atoms with E-state index in [4.69, 9.17) is 0 Å². The van der Waals surface area contributed by atoms with Gasteiger partial charge in [0, 0.05) is 25.2 Å². The monoisotopic (exact) mass is 368 g/mol. The average molecular weight is 368 g/mol. The van der Waals surface area contributed by atoms with Crippen LogP contribution in [0.3, 0.4) is 0 Å². The third kappa shape index (κ3) is 3.62. The van der Waals surface area contributed by atoms with Crippen molar-refractivity contribution in [3.63, 3.8) is 0 Å². The molecule has 3 aromatic heterocycles. The van der Waals surface area contributed by atoms with Gasteiger partial charge in [-0.25, -0.2) is 4.68 Å². The first-order valence-electron chi connectivity index (χ1n) is 9.39. The van der Waals surface area contributed by atoms with Gasteiger partial charge in [0.05, 0.1) is 6.04 Å². The van der Waals surface area contributed by atoms with Crippen molar-refractivity contribution in [2.24, 2.45) is 0 Å². The molecule has 1 aliphatic rings. The fourth-order valence-corrected chi connectivity index (χ4v) is 3.50. The van der Waals surface area contributed by atoms with E-state index in [0.29, 0.717) is 6.04 Å². The van der Waals surface area contributed by atoms with Crippen LogP contribution in [0.4, 0.5) is 11.6 Å². The van der Waals surface area contributed by atoms with Crippen LogP contribution in [0, 0.1) is 0 Å². The number of fused-ring (bicyclic) bond motifs is 1. The molecular formula is C18H24N8O. The first kappa shape index (κ1) is 17.4. The fourth-order valence-electron chi connectivity index (χ4n) is 3.50. The van der Waals surface area contributed by atoms with Gasteiger partial charge in [0.1, 0.15) is 18.0 Å². The van der Waals surface area contributed by atoms with Gasteiger partial charge in [-0.3, -0.25) is 4.79 Å². The fraction of sp³-hybridized carbons (Fsp3) is 0.500. The van der Waals surface area contributed by atoms with E-state index in [1.165, 1.54) is 6.42 Å². The third-order valence-corrected chi connectivity index (χ3v) is 4.90. The Kier molecular flexibility index (Phi) is 4.74. The maximum absolute atomic E-state index is 12.0. The molecule has 9 nitrogen and oxygen atoms in total. The summed E-state index contributed by atoms with van der Waals surface area (Å²) in [7, 11) is 0. The van der Waals surface area contributed by atoms with Crippen LogP contribution in [-0.4, -0.2) is 48.7 Å². The van der Waals surface area contributed by atoms with Crippen molar-refractivity contribution in [3.05, 3.63) is 40.9 Å². The van der Waals surface area contributed by atoms with Crippen molar-refractivity contribution in [1.29, 1.82) is 0 Å². The molecule has 0 saturated carbocycles. The number of nitrogens with one attached hydrogen (secondary N) is 1. The molecule has 27 heavy (non-hydrogen) atoms. The molecule has 9 heteroatoms. The van der Waals surface area contributed by atoms with E-state index >= 15 is 0 Å². The van der Waals surface area contributed by atoms with E-state index < -0.39 is 0 Å². The molecule has 1 unspecified atom stereocenters. The van der Waals surface area contributed by atoms with Gasteiger partial charge in [-0.1, -0.05) is 0 Å². The third-order valence-electron chi connectivity index (χ3n) is 4.90. The summed E-state index contributed by atoms with van der Waals surface area (Å²) >= 11 is 0. The number of anilines is 2. The number of nitrogens with zero attached hydrogens (tertiary/aromatic N) is 7. The first-order chi connectivity index (χ1) is 13.1. The van der Waals surface area contributed by atoms with Crippen molar-refractivity contribution in [3.8, 4) is 0 Å². The summed E-state index contributed by atoms with van der Waals surface area (Å²) in [5.41, 5.74) is 0.659. The summed E-state index contributed by atoms with van der Waals surface area (Å²) in [5.74, 6) is 1.64. The van der Waals surface area contributed by atoms with E-state index in [2.05, 4.69) is 30.6 Å². The SMILES string of the molecule is CC(C)n1nc(N2CCCCC2CNc2ccc3nncn3n2)ccc1=O. The molecule has 0 aromatic carbocycles. The van der Waals surface area contributed by atoms with Gasteiger partial charge in [-0.05, 0) is 51.3 Å². The zero-order valence-electron chi connectivity index (χ0n) is 15.6. The normalized spacial score (nSPS) is 17.6. The summed E-state index contributed by atoms with van der Waals surface area (Å²) in [6.07, 6.45) is 4.98. The number of hydrogen-bond donors (Lipinski definition) is 1. The lowest BCUT2D eigenvalue weighted by Crippen LogP contribution is -2.45. The molecule has 0 radical (unpaired) electrons. The molecular weight excluding hydrogens is 344 g/mol. The Morgan fingerprint density at radius 1 is 1.19 bits per heavy atom. The maximum Gasteiger partial charge on any atom is 0.267 e. The Hall–Kier alpha value is -2.97. The van der Waals surface area contributed by atoms with E-state index in [0.717, 1.165) is 43.2 Å². The van der Waals surface area contributed by atoms with Gasteiger partial charge in [0.15, 0.2) is 5.65 Å². The molecule has 0 amide bonds. The molecule has 1 atom stereocenters. The molecule has 1 saturated heterocycles. The number of aromatic nitrogens is 6. The van der Waals surface area contributed by atoms with Gasteiger partial charge in [0.2, 0.25) is 0 Å². The summed E-state index contributed by atoms with van der Waals surface area (Å²) in [4.78, 5) is 14.3. The Labute approximate surface area is 157 Å². The minimum atomic E-state index is -0.0631. The predicted molar refractivity (Wildman–Crippen MR) is 103 cm³/mol. The second kappa shape index (κ2) is 7.34. The second-order valence-electron chi connectivity index (χ2n) is 7.14. The summed E-state index contributed by atoms with van der Waals surface area (Å²) in [6, 6.07) is 7.58. The van der Waals surface area contributed by atoms with Crippen LogP contribution in [0.1, 0.15) is 39.2 Å². The first-order valence-corrected chi connectivity index (χ1v) is 9.39. The minimum Gasteiger partial charge on any atom is -0.367 e. The number of hydrogen-bond acceptors (Lipinski definition) is 7. The Morgan fingerprint density at radius 3 is 2.93 bits per heavy atom. The van der Waals surface area contributed by atoms with E-state index in [9.17, 15) is 4.79 Å². The highest BCUT2D eigenvalue weighted by Gasteiger charge is 2.24. The van der Waals surface area contributed by atoms with Crippen LogP contribution >= 0.6 is 0 Å². The van der Waals surface area contributed by atoms with Crippen LogP contribution in [0.25, 0.3) is 5.65 Å². The number of rotatable bonds is 5. The number of piperidine rings is 1. The molecule has 1 aliphatic heterocycles. The zero-order valence-corrected chi connectivity index (χ0v) is 15.6. The molecule has 4 heterocycles. The Morgan fingerprint density at radius 2 is 2.07 bits per heavy atom. The predicted octanol–water partition coefficient (Wildman–Crippen LogP) is 1.73. The topological polar surface area (TPSA) is 93.2 Å². The van der Waals surface area contributed by atoms with Crippen molar-refractivity contribution in [2.45, 2.75) is 45.2 Å². The molecule has 0 aliphatic carbocycles. The molecule has 1 N–H and O–H groups in total. The van der Waals surface area contributed by atoms with Gasteiger partial charge in [-0.2, -0.15) is 9.61 Å². The van der Waals surface area contributed by atoms with Crippen LogP contribution in [-0.2, 0) is 0 Å². The molecule has 1 fully saturated rings. The van der Waals surface area contributed by atoms with Crippen molar-refractivity contribution in [2.75, 3.05) is 23.3 Å². The van der Waals surface area contributed by atoms with E-state index in [1.807, 2.05) is 32.0 Å². The minimum absolute atomic E-state index is 0.0403. The van der Waals surface area contributed by atoms with Crippen LogP contribution < -0.4 is 15.8 Å². The van der Waals surface area contributed by atoms with Crippen molar-refractivity contribution in [1.82, 2.24) is 29.6 Å². The largest absolute Gasteiger partial charge is 0.367 e. The highest BCUT2D eigenvalue weighted by Crippen LogP contribution is 2.23. The van der Waals surface area contributed by atoms with E-state index in [-0.39, 0.29) is 11.6 Å². The van der Waals surface area contributed by atoms with Crippen molar-refractivity contribution >= 4 is 17.3 Å². The smallest absolute Gasteiger partial charge is 0.267 e. The van der Waals surface area contributed by atoms with Crippen LogP contribution in [0.5, 0.6) is 0 Å². The van der Waals surface area contributed by atoms with Gasteiger partial charge in [0.25, 0.3) is 5.56 Å². The Balaban J connectivity index is 1.52. The van der Waals surface area contributed by atoms with Gasteiger partial charge < -0.3 is 10.2 Å². The maximum atomic E-state index is 12.0. The standard InChI is InChI=1S/C18H24N8O/c1-13(2)26-18(27)9-8-17(23-26)24-10-4-3-5-14(24)11-19-15-6-7-16-21-20-12-25(16)22-15/h6-9,12-14H,3-5,10-11H2,1-2H3,(H,19,22). The molecule has 3 aromatic rings. The van der Waals surface area contributed by atoms with Gasteiger partial charge in [-0.15, -0.1) is 15.3 Å². The lowest BCUT2D eigenvalue weighted by molar-refractivity contribution is 0.451. The lowest BCUT2D eigenvalue weighted by Gasteiger charge is -2.37. The highest BCUT2D eigenvalue weighted by molar-refractivity contribution is 5.44. The average Bonchev–Trinajstić information content (AvgIpc) is 3.14. The lowest BCUT2D eigenvalue weighted by atomic mass is 10.0. The zero-order chi connectivity index (χ0) is 18.8. The van der Waals surface area contributed by atoms with E-state index in [1.54, 1.807) is 21.6 Å².